The topological polar surface area (TPSA) is 102 Å². The lowest BCUT2D eigenvalue weighted by atomic mass is 9.42. The summed E-state index contributed by atoms with van der Waals surface area (Å²) in [6.07, 6.45) is 7.64. The van der Waals surface area contributed by atoms with E-state index in [-0.39, 0.29) is 6.71 Å². The zero-order valence-electron chi connectivity index (χ0n) is 16.8. The number of benzene rings is 1. The Morgan fingerprint density at radius 3 is 2.83 bits per heavy atom. The van der Waals surface area contributed by atoms with Crippen LogP contribution in [0, 0.1) is 18.2 Å². The highest BCUT2D eigenvalue weighted by Gasteiger charge is 2.26. The number of aliphatic imine (C=N–C) groups is 1. The van der Waals surface area contributed by atoms with E-state index in [0.717, 1.165) is 63.3 Å². The number of hydrogen-bond donors (Lipinski definition) is 1. The van der Waals surface area contributed by atoms with Gasteiger partial charge in [-0.05, 0) is 25.8 Å². The Morgan fingerprint density at radius 1 is 1.45 bits per heavy atom. The predicted molar refractivity (Wildman–Crippen MR) is 119 cm³/mol. The number of hydrogen-bond acceptors (Lipinski definition) is 7. The number of aromatic nitrogens is 3. The number of nitrogens with zero attached hydrogens (tertiary/aromatic N) is 5. The second-order valence-electron chi connectivity index (χ2n) is 7.43. The summed E-state index contributed by atoms with van der Waals surface area (Å²) in [5.74, 6) is 3.12. The van der Waals surface area contributed by atoms with Gasteiger partial charge in [-0.15, -0.1) is 0 Å². The normalized spacial score (nSPS) is 15.3. The van der Waals surface area contributed by atoms with E-state index in [2.05, 4.69) is 11.0 Å². The number of thiazole rings is 1. The van der Waals surface area contributed by atoms with Crippen molar-refractivity contribution in [3.8, 4) is 22.3 Å². The molecule has 1 aliphatic rings. The third-order valence-electron chi connectivity index (χ3n) is 5.65. The molecule has 2 aromatic heterocycles. The molecule has 29 heavy (non-hydrogen) atoms. The lowest BCUT2D eigenvalue weighted by Gasteiger charge is -2.23. The van der Waals surface area contributed by atoms with Crippen molar-refractivity contribution in [1.29, 1.82) is 5.26 Å². The van der Waals surface area contributed by atoms with Gasteiger partial charge >= 0.3 is 0 Å². The average Bonchev–Trinajstić information content (AvgIpc) is 3.31. The summed E-state index contributed by atoms with van der Waals surface area (Å²) < 4.78 is 7.68. The molecule has 3 heterocycles. The molecule has 0 atom stereocenters. The van der Waals surface area contributed by atoms with E-state index in [1.165, 1.54) is 0 Å². The fourth-order valence-electron chi connectivity index (χ4n) is 4.02. The first-order valence-corrected chi connectivity index (χ1v) is 10.5. The van der Waals surface area contributed by atoms with E-state index in [9.17, 15) is 0 Å². The number of anilines is 1. The van der Waals surface area contributed by atoms with Crippen molar-refractivity contribution < 1.29 is 4.74 Å². The number of nitriles is 1. The summed E-state index contributed by atoms with van der Waals surface area (Å²) in [7, 11) is 3.37. The van der Waals surface area contributed by atoms with Gasteiger partial charge < -0.3 is 10.5 Å². The zero-order chi connectivity index (χ0) is 20.5. The van der Waals surface area contributed by atoms with Crippen LogP contribution in [-0.2, 0) is 0 Å². The van der Waals surface area contributed by atoms with E-state index >= 15 is 0 Å². The number of rotatable bonds is 4. The van der Waals surface area contributed by atoms with Crippen LogP contribution >= 0.6 is 11.3 Å². The predicted octanol–water partition coefficient (Wildman–Crippen LogP) is 4.00. The van der Waals surface area contributed by atoms with Gasteiger partial charge in [0, 0.05) is 36.0 Å². The van der Waals surface area contributed by atoms with Gasteiger partial charge in [0.25, 0.3) is 6.71 Å². The Hall–Kier alpha value is -2.86. The Kier molecular flexibility index (Phi) is 5.28. The average molecular weight is 406 g/mol. The van der Waals surface area contributed by atoms with Crippen LogP contribution in [0.4, 0.5) is 5.69 Å². The minimum absolute atomic E-state index is 0.190. The molecule has 0 spiro atoms. The van der Waals surface area contributed by atoms with Gasteiger partial charge in [-0.1, -0.05) is 24.0 Å². The number of nitrogens with two attached hydrogens (primary N) is 1. The lowest BCUT2D eigenvalue weighted by molar-refractivity contribution is 0.413. The van der Waals surface area contributed by atoms with Crippen LogP contribution in [0.3, 0.4) is 0 Å². The van der Waals surface area contributed by atoms with Gasteiger partial charge in [-0.2, -0.15) is 5.10 Å². The Balaban J connectivity index is 1.69. The third kappa shape index (κ3) is 3.49. The van der Waals surface area contributed by atoms with Crippen LogP contribution < -0.4 is 10.5 Å². The third-order valence-corrected chi connectivity index (χ3v) is 6.64. The molecule has 2 N–H and O–H groups in total. The first-order chi connectivity index (χ1) is 14.0. The van der Waals surface area contributed by atoms with E-state index in [1.54, 1.807) is 31.7 Å². The van der Waals surface area contributed by atoms with E-state index in [4.69, 9.17) is 25.8 Å². The van der Waals surface area contributed by atoms with Crippen molar-refractivity contribution in [3.05, 3.63) is 23.4 Å². The maximum atomic E-state index is 9.09. The van der Waals surface area contributed by atoms with Gasteiger partial charge in [-0.25, -0.2) is 10.2 Å². The molecule has 4 rings (SSSR count). The van der Waals surface area contributed by atoms with Gasteiger partial charge in [0.1, 0.15) is 16.3 Å². The first-order valence-electron chi connectivity index (χ1n) is 9.70. The van der Waals surface area contributed by atoms with Crippen LogP contribution in [0.5, 0.6) is 5.75 Å². The molecule has 1 aliphatic heterocycles. The van der Waals surface area contributed by atoms with Gasteiger partial charge in [-0.3, -0.25) is 9.67 Å². The molecule has 1 fully saturated rings. The summed E-state index contributed by atoms with van der Waals surface area (Å²) in [5, 5.41) is 14.7. The molecule has 0 radical (unpaired) electrons. The molecule has 1 aromatic carbocycles. The van der Waals surface area contributed by atoms with E-state index < -0.39 is 0 Å². The van der Waals surface area contributed by atoms with Crippen molar-refractivity contribution >= 4 is 40.3 Å². The molecule has 148 valence electrons. The van der Waals surface area contributed by atoms with Crippen LogP contribution in [-0.4, -0.2) is 41.8 Å². The quantitative estimate of drug-likeness (QED) is 0.401. The number of fused-ring (bicyclic) bond motifs is 1. The van der Waals surface area contributed by atoms with Crippen LogP contribution in [0.1, 0.15) is 30.0 Å². The van der Waals surface area contributed by atoms with Crippen LogP contribution in [0.15, 0.2) is 17.3 Å². The maximum Gasteiger partial charge on any atom is 0.268 e. The molecule has 0 amide bonds. The number of nitrogen functional groups attached to an aromatic ring is 1. The Morgan fingerprint density at radius 2 is 2.21 bits per heavy atom. The summed E-state index contributed by atoms with van der Waals surface area (Å²) in [6, 6.07) is 2.33. The van der Waals surface area contributed by atoms with E-state index in [0.29, 0.717) is 11.7 Å². The molecule has 0 bridgehead atoms. The highest BCUT2D eigenvalue weighted by molar-refractivity contribution is 7.21. The molecule has 9 heteroatoms. The van der Waals surface area contributed by atoms with Crippen molar-refractivity contribution in [2.45, 2.75) is 38.4 Å². The molecule has 0 unspecified atom stereocenters. The Bertz CT molecular complexity index is 1090. The summed E-state index contributed by atoms with van der Waals surface area (Å²) in [4.78, 5) is 9.84. The Labute approximate surface area is 174 Å². The fourth-order valence-corrected chi connectivity index (χ4v) is 4.94. The zero-order valence-corrected chi connectivity index (χ0v) is 17.7. The summed E-state index contributed by atoms with van der Waals surface area (Å²) in [6.45, 7) is 2.14. The highest BCUT2D eigenvalue weighted by Crippen LogP contribution is 2.41. The molecular formula is C20H23BN6OS. The smallest absolute Gasteiger partial charge is 0.268 e. The van der Waals surface area contributed by atoms with Crippen molar-refractivity contribution in [1.82, 2.24) is 14.8 Å². The molecule has 0 saturated carbocycles. The lowest BCUT2D eigenvalue weighted by Crippen LogP contribution is -2.22. The van der Waals surface area contributed by atoms with Crippen LogP contribution in [0.2, 0.25) is 12.6 Å². The van der Waals surface area contributed by atoms with Crippen molar-refractivity contribution in [3.63, 3.8) is 0 Å². The number of methoxy groups -OCH3 is 1. The summed E-state index contributed by atoms with van der Waals surface area (Å²) >= 11 is 1.55. The maximum absolute atomic E-state index is 9.09. The first kappa shape index (κ1) is 19.5. The molecule has 3 aromatic rings. The monoisotopic (exact) mass is 406 g/mol. The fraction of sp³-hybridized carbons (Fsp3) is 0.400. The standard InChI is InChI=1S/C20H23BN6OS/c1-12-17(23)13(9-24-2)8-15(18(12)28-3)19-25-16-10-27(26-20(16)29-19)14-4-6-21(11-22)7-5-14/h8-10,14H,4-7,23H2,1-3H3. The molecule has 1 saturated heterocycles. The SMILES string of the molecule is CN=Cc1cc(-c2nc3cn(C4CCB(C#N)CC4)nc3s2)c(OC)c(C)c1N. The van der Waals surface area contributed by atoms with Gasteiger partial charge in [0.2, 0.25) is 0 Å². The summed E-state index contributed by atoms with van der Waals surface area (Å²) in [5.41, 5.74) is 10.4. The van der Waals surface area contributed by atoms with E-state index in [1.807, 2.05) is 23.9 Å². The number of ether oxygens (including phenoxy) is 1. The van der Waals surface area contributed by atoms with Crippen LogP contribution in [0.25, 0.3) is 20.9 Å². The van der Waals surface area contributed by atoms with Gasteiger partial charge in [0.05, 0.1) is 24.9 Å². The van der Waals surface area contributed by atoms with Crippen molar-refractivity contribution in [2.24, 2.45) is 4.99 Å². The minimum atomic E-state index is 0.190. The minimum Gasteiger partial charge on any atom is -0.496 e. The second kappa shape index (κ2) is 7.87. The highest BCUT2D eigenvalue weighted by atomic mass is 32.1. The molecule has 0 aliphatic carbocycles. The second-order valence-corrected chi connectivity index (χ2v) is 8.40. The van der Waals surface area contributed by atoms with Crippen molar-refractivity contribution in [2.75, 3.05) is 19.9 Å². The molecular weight excluding hydrogens is 383 g/mol. The largest absolute Gasteiger partial charge is 0.496 e. The van der Waals surface area contributed by atoms with Gasteiger partial charge in [0.15, 0.2) is 4.83 Å². The molecule has 7 nitrogen and oxygen atoms in total.